The highest BCUT2D eigenvalue weighted by Gasteiger charge is 2.00. The molecule has 5 heteroatoms. The monoisotopic (exact) mass is 314 g/mol. The van der Waals surface area contributed by atoms with Crippen LogP contribution in [-0.2, 0) is 4.79 Å². The predicted octanol–water partition coefficient (Wildman–Crippen LogP) is 1.94. The summed E-state index contributed by atoms with van der Waals surface area (Å²) in [6.45, 7) is 1.88. The lowest BCUT2D eigenvalue weighted by atomic mass is 10.3. The summed E-state index contributed by atoms with van der Waals surface area (Å²) in [7, 11) is 1.88. The Bertz CT molecular complexity index is 372. The van der Waals surface area contributed by atoms with Crippen LogP contribution in [0, 0.1) is 0 Å². The molecule has 100 valence electrons. The molecule has 0 atom stereocenters. The average molecular weight is 315 g/mol. The largest absolute Gasteiger partial charge is 0.492 e. The van der Waals surface area contributed by atoms with E-state index in [9.17, 15) is 4.79 Å². The van der Waals surface area contributed by atoms with Crippen LogP contribution in [0.25, 0.3) is 0 Å². The van der Waals surface area contributed by atoms with Gasteiger partial charge in [0.25, 0.3) is 0 Å². The smallest absolute Gasteiger partial charge is 0.220 e. The summed E-state index contributed by atoms with van der Waals surface area (Å²) >= 11 is 3.37. The van der Waals surface area contributed by atoms with E-state index in [1.807, 2.05) is 31.3 Å². The van der Waals surface area contributed by atoms with E-state index in [2.05, 4.69) is 26.6 Å². The number of ether oxygens (including phenoxy) is 1. The van der Waals surface area contributed by atoms with E-state index in [1.165, 1.54) is 0 Å². The Hall–Kier alpha value is -1.07. The number of hydrogen-bond donors (Lipinski definition) is 2. The lowest BCUT2D eigenvalue weighted by Crippen LogP contribution is -2.28. The first-order valence-electron chi connectivity index (χ1n) is 6.02. The molecule has 0 radical (unpaired) electrons. The molecule has 0 heterocycles. The van der Waals surface area contributed by atoms with Crippen molar-refractivity contribution in [2.24, 2.45) is 0 Å². The molecule has 0 aliphatic carbocycles. The van der Waals surface area contributed by atoms with Gasteiger partial charge < -0.3 is 15.4 Å². The molecule has 0 fully saturated rings. The van der Waals surface area contributed by atoms with Gasteiger partial charge in [-0.3, -0.25) is 4.79 Å². The number of rotatable bonds is 8. The summed E-state index contributed by atoms with van der Waals surface area (Å²) in [5, 5.41) is 5.83. The number of amides is 1. The van der Waals surface area contributed by atoms with Crippen molar-refractivity contribution >= 4 is 21.8 Å². The van der Waals surface area contributed by atoms with Crippen molar-refractivity contribution in [2.75, 3.05) is 26.7 Å². The zero-order valence-electron chi connectivity index (χ0n) is 10.5. The van der Waals surface area contributed by atoms with E-state index in [4.69, 9.17) is 4.74 Å². The second kappa shape index (κ2) is 8.94. The molecule has 0 unspecified atom stereocenters. The molecule has 1 amide bonds. The van der Waals surface area contributed by atoms with Gasteiger partial charge in [-0.15, -0.1) is 0 Å². The Kier molecular flexibility index (Phi) is 7.44. The van der Waals surface area contributed by atoms with Crippen LogP contribution in [0.3, 0.4) is 0 Å². The standard InChI is InChI=1S/C13H19BrN2O2/c1-15-7-3-6-13(17)16-8-9-18-12-5-2-4-11(14)10-12/h2,4-5,10,15H,3,6-9H2,1H3,(H,16,17). The zero-order chi connectivity index (χ0) is 13.2. The number of halogens is 1. The van der Waals surface area contributed by atoms with Gasteiger partial charge in [0, 0.05) is 10.9 Å². The predicted molar refractivity (Wildman–Crippen MR) is 75.8 cm³/mol. The molecule has 18 heavy (non-hydrogen) atoms. The summed E-state index contributed by atoms with van der Waals surface area (Å²) in [4.78, 5) is 11.4. The van der Waals surface area contributed by atoms with Crippen LogP contribution < -0.4 is 15.4 Å². The quantitative estimate of drug-likeness (QED) is 0.721. The van der Waals surface area contributed by atoms with E-state index in [1.54, 1.807) is 0 Å². The van der Waals surface area contributed by atoms with Crippen molar-refractivity contribution in [3.05, 3.63) is 28.7 Å². The second-order valence-electron chi connectivity index (χ2n) is 3.86. The highest BCUT2D eigenvalue weighted by atomic mass is 79.9. The van der Waals surface area contributed by atoms with Gasteiger partial charge in [0.15, 0.2) is 0 Å². The molecule has 0 aliphatic rings. The molecule has 2 N–H and O–H groups in total. The van der Waals surface area contributed by atoms with Gasteiger partial charge in [0.05, 0.1) is 6.54 Å². The Morgan fingerprint density at radius 3 is 2.94 bits per heavy atom. The van der Waals surface area contributed by atoms with E-state index in [0.29, 0.717) is 19.6 Å². The molecule has 4 nitrogen and oxygen atoms in total. The van der Waals surface area contributed by atoms with Gasteiger partial charge in [-0.1, -0.05) is 22.0 Å². The maximum atomic E-state index is 11.4. The minimum absolute atomic E-state index is 0.0723. The lowest BCUT2D eigenvalue weighted by Gasteiger charge is -2.08. The molecule has 1 aromatic carbocycles. The maximum absolute atomic E-state index is 11.4. The summed E-state index contributed by atoms with van der Waals surface area (Å²) in [5.74, 6) is 0.872. The first-order valence-corrected chi connectivity index (χ1v) is 6.81. The number of carbonyl (C=O) groups excluding carboxylic acids is 1. The van der Waals surface area contributed by atoms with Crippen LogP contribution in [0.1, 0.15) is 12.8 Å². The summed E-state index contributed by atoms with van der Waals surface area (Å²) in [5.41, 5.74) is 0. The Labute approximate surface area is 116 Å². The molecule has 1 rings (SSSR count). The Morgan fingerprint density at radius 2 is 2.22 bits per heavy atom. The van der Waals surface area contributed by atoms with Crippen molar-refractivity contribution in [1.82, 2.24) is 10.6 Å². The molecule has 0 saturated carbocycles. The highest BCUT2D eigenvalue weighted by Crippen LogP contribution is 2.17. The van der Waals surface area contributed by atoms with Gasteiger partial charge in [0.2, 0.25) is 5.91 Å². The van der Waals surface area contributed by atoms with E-state index < -0.39 is 0 Å². The van der Waals surface area contributed by atoms with Gasteiger partial charge in [-0.05, 0) is 38.2 Å². The molecule has 0 spiro atoms. The minimum Gasteiger partial charge on any atom is -0.492 e. The fourth-order valence-electron chi connectivity index (χ4n) is 1.43. The van der Waals surface area contributed by atoms with Crippen molar-refractivity contribution < 1.29 is 9.53 Å². The third-order valence-electron chi connectivity index (χ3n) is 2.32. The lowest BCUT2D eigenvalue weighted by molar-refractivity contribution is -0.121. The topological polar surface area (TPSA) is 50.4 Å². The normalized spacial score (nSPS) is 10.1. The molecule has 0 aromatic heterocycles. The van der Waals surface area contributed by atoms with Gasteiger partial charge in [-0.2, -0.15) is 0 Å². The minimum atomic E-state index is 0.0723. The summed E-state index contributed by atoms with van der Waals surface area (Å²) < 4.78 is 6.49. The molecule has 1 aromatic rings. The fourth-order valence-corrected chi connectivity index (χ4v) is 1.81. The van der Waals surface area contributed by atoms with Gasteiger partial charge >= 0.3 is 0 Å². The molecular weight excluding hydrogens is 296 g/mol. The number of carbonyl (C=O) groups is 1. The third kappa shape index (κ3) is 6.61. The molecule has 0 saturated heterocycles. The highest BCUT2D eigenvalue weighted by molar-refractivity contribution is 9.10. The third-order valence-corrected chi connectivity index (χ3v) is 2.81. The second-order valence-corrected chi connectivity index (χ2v) is 4.78. The number of nitrogens with one attached hydrogen (secondary N) is 2. The SMILES string of the molecule is CNCCCC(=O)NCCOc1cccc(Br)c1. The van der Waals surface area contributed by atoms with Crippen LogP contribution in [0.2, 0.25) is 0 Å². The maximum Gasteiger partial charge on any atom is 0.220 e. The fraction of sp³-hybridized carbons (Fsp3) is 0.462. The van der Waals surface area contributed by atoms with E-state index in [0.717, 1.165) is 23.2 Å². The van der Waals surface area contributed by atoms with Crippen molar-refractivity contribution in [2.45, 2.75) is 12.8 Å². The van der Waals surface area contributed by atoms with Crippen LogP contribution in [0.15, 0.2) is 28.7 Å². The average Bonchev–Trinajstić information content (AvgIpc) is 2.35. The van der Waals surface area contributed by atoms with Crippen molar-refractivity contribution in [3.63, 3.8) is 0 Å². The first kappa shape index (κ1) is 15.0. The molecule has 0 aliphatic heterocycles. The van der Waals surface area contributed by atoms with E-state index >= 15 is 0 Å². The van der Waals surface area contributed by atoms with Crippen molar-refractivity contribution in [1.29, 1.82) is 0 Å². The number of benzene rings is 1. The van der Waals surface area contributed by atoms with Gasteiger partial charge in [-0.25, -0.2) is 0 Å². The van der Waals surface area contributed by atoms with Crippen LogP contribution in [0.4, 0.5) is 0 Å². The number of hydrogen-bond acceptors (Lipinski definition) is 3. The molecular formula is C13H19BrN2O2. The van der Waals surface area contributed by atoms with Crippen molar-refractivity contribution in [3.8, 4) is 5.75 Å². The Balaban J connectivity index is 2.09. The Morgan fingerprint density at radius 1 is 1.39 bits per heavy atom. The van der Waals surface area contributed by atoms with Crippen LogP contribution in [-0.4, -0.2) is 32.7 Å². The van der Waals surface area contributed by atoms with Gasteiger partial charge in [0.1, 0.15) is 12.4 Å². The molecule has 0 bridgehead atoms. The van der Waals surface area contributed by atoms with Crippen LogP contribution in [0.5, 0.6) is 5.75 Å². The summed E-state index contributed by atoms with van der Waals surface area (Å²) in [6.07, 6.45) is 1.41. The van der Waals surface area contributed by atoms with E-state index in [-0.39, 0.29) is 5.91 Å². The zero-order valence-corrected chi connectivity index (χ0v) is 12.1. The summed E-state index contributed by atoms with van der Waals surface area (Å²) in [6, 6.07) is 7.64. The first-order chi connectivity index (χ1) is 8.72. The van der Waals surface area contributed by atoms with Crippen LogP contribution >= 0.6 is 15.9 Å².